The van der Waals surface area contributed by atoms with E-state index in [9.17, 15) is 27.9 Å². The second-order valence-corrected chi connectivity index (χ2v) is 7.06. The van der Waals surface area contributed by atoms with Crippen LogP contribution in [0.1, 0.15) is 16.7 Å². The number of benzene rings is 2. The smallest absolute Gasteiger partial charge is 0.416 e. The predicted molar refractivity (Wildman–Crippen MR) is 97.6 cm³/mol. The molecule has 0 radical (unpaired) electrons. The van der Waals surface area contributed by atoms with E-state index in [-0.39, 0.29) is 12.8 Å². The third-order valence-corrected chi connectivity index (χ3v) is 4.72. The normalized spacial score (nSPS) is 12.5. The topological polar surface area (TPSA) is 66.4 Å². The van der Waals surface area contributed by atoms with Crippen molar-refractivity contribution >= 4 is 39.4 Å². The molecule has 1 atom stereocenters. The molecule has 2 aromatic carbocycles. The number of carbonyl (C=O) groups excluding carboxylic acids is 1. The molecule has 0 saturated heterocycles. The monoisotopic (exact) mass is 463 g/mol. The lowest BCUT2D eigenvalue weighted by Gasteiger charge is -2.16. The van der Waals surface area contributed by atoms with Crippen LogP contribution in [0.25, 0.3) is 0 Å². The van der Waals surface area contributed by atoms with Gasteiger partial charge in [-0.15, -0.1) is 0 Å². The lowest BCUT2D eigenvalue weighted by molar-refractivity contribution is -0.141. The van der Waals surface area contributed by atoms with Gasteiger partial charge in [-0.25, -0.2) is 4.79 Å². The SMILES string of the molecule is O=C(Cc1ccc(C(F)(F)F)cc1)N[C@H](Cc1cc(Cl)ccc1Br)C(=O)O. The Morgan fingerprint density at radius 1 is 1.15 bits per heavy atom. The highest BCUT2D eigenvalue weighted by Gasteiger charge is 2.30. The molecule has 0 heterocycles. The Morgan fingerprint density at radius 3 is 2.33 bits per heavy atom. The molecule has 0 bridgehead atoms. The van der Waals surface area contributed by atoms with Gasteiger partial charge in [-0.05, 0) is 41.5 Å². The highest BCUT2D eigenvalue weighted by molar-refractivity contribution is 9.10. The summed E-state index contributed by atoms with van der Waals surface area (Å²) in [4.78, 5) is 23.6. The van der Waals surface area contributed by atoms with Crippen molar-refractivity contribution in [2.75, 3.05) is 0 Å². The third-order valence-electron chi connectivity index (χ3n) is 3.71. The number of rotatable bonds is 6. The van der Waals surface area contributed by atoms with Crippen molar-refractivity contribution in [2.45, 2.75) is 25.1 Å². The van der Waals surface area contributed by atoms with Crippen molar-refractivity contribution in [1.29, 1.82) is 0 Å². The summed E-state index contributed by atoms with van der Waals surface area (Å²) in [5.41, 5.74) is 0.124. The zero-order valence-corrected chi connectivity index (χ0v) is 16.0. The summed E-state index contributed by atoms with van der Waals surface area (Å²) in [6.45, 7) is 0. The molecule has 0 spiro atoms. The van der Waals surface area contributed by atoms with Crippen molar-refractivity contribution in [2.24, 2.45) is 0 Å². The van der Waals surface area contributed by atoms with Crippen molar-refractivity contribution < 1.29 is 27.9 Å². The summed E-state index contributed by atoms with van der Waals surface area (Å²) >= 11 is 9.20. The molecule has 0 saturated carbocycles. The average molecular weight is 465 g/mol. The van der Waals surface area contributed by atoms with Gasteiger partial charge in [-0.3, -0.25) is 4.79 Å². The molecular weight excluding hydrogens is 451 g/mol. The van der Waals surface area contributed by atoms with Crippen LogP contribution in [0.4, 0.5) is 13.2 Å². The van der Waals surface area contributed by atoms with Crippen LogP contribution in [0, 0.1) is 0 Å². The Hall–Kier alpha value is -2.06. The molecule has 4 nitrogen and oxygen atoms in total. The van der Waals surface area contributed by atoms with E-state index in [1.54, 1.807) is 18.2 Å². The lowest BCUT2D eigenvalue weighted by Crippen LogP contribution is -2.43. The molecule has 0 aliphatic carbocycles. The van der Waals surface area contributed by atoms with Crippen LogP contribution >= 0.6 is 27.5 Å². The van der Waals surface area contributed by atoms with Crippen LogP contribution in [0.5, 0.6) is 0 Å². The summed E-state index contributed by atoms with van der Waals surface area (Å²) in [5, 5.41) is 12.2. The van der Waals surface area contributed by atoms with Crippen LogP contribution in [-0.2, 0) is 28.6 Å². The van der Waals surface area contributed by atoms with Gasteiger partial charge in [0.1, 0.15) is 6.04 Å². The van der Waals surface area contributed by atoms with Gasteiger partial charge in [0.2, 0.25) is 5.91 Å². The summed E-state index contributed by atoms with van der Waals surface area (Å²) in [6, 6.07) is 7.80. The Balaban J connectivity index is 2.04. The highest BCUT2D eigenvalue weighted by atomic mass is 79.9. The molecule has 0 aliphatic heterocycles. The van der Waals surface area contributed by atoms with Crippen LogP contribution in [0.15, 0.2) is 46.9 Å². The van der Waals surface area contributed by atoms with E-state index in [0.717, 1.165) is 12.1 Å². The van der Waals surface area contributed by atoms with Crippen molar-refractivity contribution in [3.8, 4) is 0 Å². The predicted octanol–water partition coefficient (Wildman–Crippen LogP) is 4.48. The van der Waals surface area contributed by atoms with Crippen LogP contribution in [0.2, 0.25) is 5.02 Å². The average Bonchev–Trinajstić information content (AvgIpc) is 2.57. The number of nitrogens with one attached hydrogen (secondary N) is 1. The largest absolute Gasteiger partial charge is 0.480 e. The van der Waals surface area contributed by atoms with Crippen LogP contribution in [0.3, 0.4) is 0 Å². The van der Waals surface area contributed by atoms with Gasteiger partial charge in [-0.2, -0.15) is 13.2 Å². The van der Waals surface area contributed by atoms with Gasteiger partial charge in [0.15, 0.2) is 0 Å². The number of halogens is 5. The van der Waals surface area contributed by atoms with Crippen LogP contribution < -0.4 is 5.32 Å². The number of hydrogen-bond donors (Lipinski definition) is 2. The molecular formula is C18H14BrClF3NO3. The number of hydrogen-bond acceptors (Lipinski definition) is 2. The van der Waals surface area contributed by atoms with E-state index < -0.39 is 29.7 Å². The van der Waals surface area contributed by atoms with Gasteiger partial charge < -0.3 is 10.4 Å². The maximum absolute atomic E-state index is 12.6. The first kappa shape index (κ1) is 21.2. The molecule has 0 unspecified atom stereocenters. The van der Waals surface area contributed by atoms with Gasteiger partial charge in [0, 0.05) is 15.9 Å². The standard InChI is InChI=1S/C18H14BrClF3NO3/c19-14-6-5-13(20)8-11(14)9-15(17(26)27)24-16(25)7-10-1-3-12(4-2-10)18(21,22)23/h1-6,8,15H,7,9H2,(H,24,25)(H,26,27)/t15-/m1/s1. The first-order valence-corrected chi connectivity index (χ1v) is 8.85. The number of alkyl halides is 3. The fourth-order valence-corrected chi connectivity index (χ4v) is 2.97. The van der Waals surface area contributed by atoms with Gasteiger partial charge in [-0.1, -0.05) is 39.7 Å². The number of amides is 1. The van der Waals surface area contributed by atoms with E-state index in [2.05, 4.69) is 21.2 Å². The van der Waals surface area contributed by atoms with E-state index >= 15 is 0 Å². The quantitative estimate of drug-likeness (QED) is 0.663. The lowest BCUT2D eigenvalue weighted by atomic mass is 10.0. The number of carboxylic acids is 1. The molecule has 2 aromatic rings. The van der Waals surface area contributed by atoms with Gasteiger partial charge in [0.05, 0.1) is 12.0 Å². The molecule has 0 fully saturated rings. The molecule has 0 aromatic heterocycles. The number of carboxylic acid groups (broad SMARTS) is 1. The van der Waals surface area contributed by atoms with Crippen molar-refractivity contribution in [3.63, 3.8) is 0 Å². The third kappa shape index (κ3) is 6.25. The second kappa shape index (κ2) is 8.75. The zero-order chi connectivity index (χ0) is 20.2. The van der Waals surface area contributed by atoms with Crippen molar-refractivity contribution in [1.82, 2.24) is 5.32 Å². The van der Waals surface area contributed by atoms with E-state index in [0.29, 0.717) is 20.6 Å². The van der Waals surface area contributed by atoms with Gasteiger partial charge in [0.25, 0.3) is 0 Å². The van der Waals surface area contributed by atoms with E-state index in [4.69, 9.17) is 11.6 Å². The molecule has 144 valence electrons. The van der Waals surface area contributed by atoms with E-state index in [1.807, 2.05) is 0 Å². The summed E-state index contributed by atoms with van der Waals surface area (Å²) in [5.74, 6) is -1.84. The molecule has 1 amide bonds. The summed E-state index contributed by atoms with van der Waals surface area (Å²) in [6.07, 6.45) is -4.70. The maximum atomic E-state index is 12.6. The molecule has 9 heteroatoms. The molecule has 2 rings (SSSR count). The minimum Gasteiger partial charge on any atom is -0.480 e. The minimum atomic E-state index is -4.46. The second-order valence-electron chi connectivity index (χ2n) is 5.77. The highest BCUT2D eigenvalue weighted by Crippen LogP contribution is 2.29. The van der Waals surface area contributed by atoms with Crippen molar-refractivity contribution in [3.05, 3.63) is 68.7 Å². The van der Waals surface area contributed by atoms with E-state index in [1.165, 1.54) is 12.1 Å². The Morgan fingerprint density at radius 2 is 1.78 bits per heavy atom. The summed E-state index contributed by atoms with van der Waals surface area (Å²) < 4.78 is 38.3. The maximum Gasteiger partial charge on any atom is 0.416 e. The molecule has 0 aliphatic rings. The Kier molecular flexibility index (Phi) is 6.89. The Labute approximate surface area is 166 Å². The fraction of sp³-hybridized carbons (Fsp3) is 0.222. The Bertz CT molecular complexity index is 841. The van der Waals surface area contributed by atoms with Crippen LogP contribution in [-0.4, -0.2) is 23.0 Å². The minimum absolute atomic E-state index is 0.00473. The molecule has 27 heavy (non-hydrogen) atoms. The number of aliphatic carboxylic acids is 1. The zero-order valence-electron chi connectivity index (χ0n) is 13.7. The molecule has 2 N–H and O–H groups in total. The van der Waals surface area contributed by atoms with Gasteiger partial charge >= 0.3 is 12.1 Å². The number of carbonyl (C=O) groups is 2. The summed E-state index contributed by atoms with van der Waals surface area (Å²) in [7, 11) is 0. The fourth-order valence-electron chi connectivity index (χ4n) is 2.36. The first-order chi connectivity index (χ1) is 12.6. The first-order valence-electron chi connectivity index (χ1n) is 7.68.